The molecule has 1 unspecified atom stereocenters. The number of carbonyl (C=O) groups is 1. The van der Waals surface area contributed by atoms with E-state index in [-0.39, 0.29) is 23.7 Å². The highest BCUT2D eigenvalue weighted by Crippen LogP contribution is 2.23. The Bertz CT molecular complexity index is 680. The minimum atomic E-state index is -0.305. The predicted molar refractivity (Wildman–Crippen MR) is 91.0 cm³/mol. The SMILES string of the molecule is CCC(COC)NC(=O)c1cnn(-c2ccc(F)cc2)c1C(C)C. The Labute approximate surface area is 141 Å². The average Bonchev–Trinajstić information content (AvgIpc) is 3.00. The van der Waals surface area contributed by atoms with Crippen molar-refractivity contribution in [2.75, 3.05) is 13.7 Å². The normalized spacial score (nSPS) is 12.4. The van der Waals surface area contributed by atoms with Crippen LogP contribution in [0.25, 0.3) is 5.69 Å². The van der Waals surface area contributed by atoms with Gasteiger partial charge in [0.2, 0.25) is 0 Å². The third-order valence-electron chi connectivity index (χ3n) is 3.87. The molecule has 0 radical (unpaired) electrons. The van der Waals surface area contributed by atoms with Crippen LogP contribution >= 0.6 is 0 Å². The molecule has 1 aromatic heterocycles. The Hall–Kier alpha value is -2.21. The number of methoxy groups -OCH3 is 1. The zero-order chi connectivity index (χ0) is 17.7. The van der Waals surface area contributed by atoms with Crippen molar-refractivity contribution in [2.45, 2.75) is 39.2 Å². The molecule has 1 aromatic carbocycles. The van der Waals surface area contributed by atoms with Gasteiger partial charge in [0.1, 0.15) is 5.82 Å². The van der Waals surface area contributed by atoms with Crippen molar-refractivity contribution < 1.29 is 13.9 Å². The maximum absolute atomic E-state index is 13.1. The molecule has 2 aromatic rings. The van der Waals surface area contributed by atoms with Crippen molar-refractivity contribution in [3.8, 4) is 5.69 Å². The third kappa shape index (κ3) is 4.00. The molecule has 2 rings (SSSR count). The van der Waals surface area contributed by atoms with Crippen LogP contribution in [-0.4, -0.2) is 35.4 Å². The van der Waals surface area contributed by atoms with Gasteiger partial charge in [0, 0.05) is 7.11 Å². The van der Waals surface area contributed by atoms with E-state index < -0.39 is 0 Å². The quantitative estimate of drug-likeness (QED) is 0.846. The summed E-state index contributed by atoms with van der Waals surface area (Å²) in [5.74, 6) is -0.392. The van der Waals surface area contributed by atoms with Crippen molar-refractivity contribution in [1.82, 2.24) is 15.1 Å². The minimum Gasteiger partial charge on any atom is -0.383 e. The molecule has 0 aliphatic carbocycles. The fraction of sp³-hybridized carbons (Fsp3) is 0.444. The lowest BCUT2D eigenvalue weighted by molar-refractivity contribution is 0.0893. The number of benzene rings is 1. The molecule has 1 amide bonds. The molecule has 1 N–H and O–H groups in total. The van der Waals surface area contributed by atoms with Gasteiger partial charge in [0.15, 0.2) is 0 Å². The Kier molecular flexibility index (Phi) is 6.09. The summed E-state index contributed by atoms with van der Waals surface area (Å²) in [6.07, 6.45) is 2.34. The number of nitrogens with one attached hydrogen (secondary N) is 1. The molecule has 0 aliphatic rings. The third-order valence-corrected chi connectivity index (χ3v) is 3.87. The van der Waals surface area contributed by atoms with E-state index in [0.717, 1.165) is 17.8 Å². The van der Waals surface area contributed by atoms with Gasteiger partial charge in [-0.1, -0.05) is 20.8 Å². The van der Waals surface area contributed by atoms with Crippen LogP contribution in [0.5, 0.6) is 0 Å². The molecule has 0 aliphatic heterocycles. The van der Waals surface area contributed by atoms with Crippen LogP contribution in [0.4, 0.5) is 4.39 Å². The summed E-state index contributed by atoms with van der Waals surface area (Å²) in [6.45, 7) is 6.46. The Morgan fingerprint density at radius 1 is 1.33 bits per heavy atom. The van der Waals surface area contributed by atoms with Crippen molar-refractivity contribution in [2.24, 2.45) is 0 Å². The van der Waals surface area contributed by atoms with Crippen LogP contribution in [0, 0.1) is 5.82 Å². The molecule has 0 spiro atoms. The first kappa shape index (κ1) is 18.1. The van der Waals surface area contributed by atoms with E-state index >= 15 is 0 Å². The standard InChI is InChI=1S/C18H24FN3O2/c1-5-14(11-24-4)21-18(23)16-10-20-22(17(16)12(2)3)15-8-6-13(19)7-9-15/h6-10,12,14H,5,11H2,1-4H3,(H,21,23). The zero-order valence-electron chi connectivity index (χ0n) is 14.5. The smallest absolute Gasteiger partial charge is 0.255 e. The lowest BCUT2D eigenvalue weighted by atomic mass is 10.0. The maximum Gasteiger partial charge on any atom is 0.255 e. The number of halogens is 1. The highest BCUT2D eigenvalue weighted by molar-refractivity contribution is 5.95. The van der Waals surface area contributed by atoms with E-state index in [0.29, 0.717) is 12.2 Å². The first-order valence-electron chi connectivity index (χ1n) is 8.11. The van der Waals surface area contributed by atoms with Gasteiger partial charge in [0.05, 0.1) is 35.8 Å². The number of ether oxygens (including phenoxy) is 1. The van der Waals surface area contributed by atoms with Gasteiger partial charge in [-0.15, -0.1) is 0 Å². The number of nitrogens with zero attached hydrogens (tertiary/aromatic N) is 2. The summed E-state index contributed by atoms with van der Waals surface area (Å²) in [6, 6.07) is 6.02. The lowest BCUT2D eigenvalue weighted by Crippen LogP contribution is -2.37. The predicted octanol–water partition coefficient (Wildman–Crippen LogP) is 3.29. The molecule has 0 saturated heterocycles. The molecule has 0 saturated carbocycles. The zero-order valence-corrected chi connectivity index (χ0v) is 14.5. The van der Waals surface area contributed by atoms with Gasteiger partial charge in [-0.05, 0) is 36.6 Å². The van der Waals surface area contributed by atoms with Gasteiger partial charge >= 0.3 is 0 Å². The van der Waals surface area contributed by atoms with Gasteiger partial charge in [-0.25, -0.2) is 9.07 Å². The van der Waals surface area contributed by atoms with E-state index in [4.69, 9.17) is 4.74 Å². The van der Waals surface area contributed by atoms with E-state index in [1.807, 2.05) is 20.8 Å². The van der Waals surface area contributed by atoms with Crippen LogP contribution in [0.15, 0.2) is 30.5 Å². The minimum absolute atomic E-state index is 0.0447. The molecule has 5 nitrogen and oxygen atoms in total. The van der Waals surface area contributed by atoms with Crippen molar-refractivity contribution in [1.29, 1.82) is 0 Å². The van der Waals surface area contributed by atoms with Gasteiger partial charge in [-0.3, -0.25) is 4.79 Å². The van der Waals surface area contributed by atoms with Gasteiger partial charge in [-0.2, -0.15) is 5.10 Å². The largest absolute Gasteiger partial charge is 0.383 e. The van der Waals surface area contributed by atoms with Crippen molar-refractivity contribution in [3.63, 3.8) is 0 Å². The number of hydrogen-bond acceptors (Lipinski definition) is 3. The molecular formula is C18H24FN3O2. The number of carbonyl (C=O) groups excluding carboxylic acids is 1. The summed E-state index contributed by atoms with van der Waals surface area (Å²) < 4.78 is 20.0. The first-order valence-corrected chi connectivity index (χ1v) is 8.11. The highest BCUT2D eigenvalue weighted by atomic mass is 19.1. The summed E-state index contributed by atoms with van der Waals surface area (Å²) >= 11 is 0. The highest BCUT2D eigenvalue weighted by Gasteiger charge is 2.22. The van der Waals surface area contributed by atoms with Crippen LogP contribution in [-0.2, 0) is 4.74 Å². The number of rotatable bonds is 7. The molecule has 130 valence electrons. The molecule has 1 atom stereocenters. The van der Waals surface area contributed by atoms with E-state index in [9.17, 15) is 9.18 Å². The molecular weight excluding hydrogens is 309 g/mol. The topological polar surface area (TPSA) is 56.1 Å². The van der Waals surface area contributed by atoms with Crippen LogP contribution < -0.4 is 5.32 Å². The maximum atomic E-state index is 13.1. The van der Waals surface area contributed by atoms with Gasteiger partial charge < -0.3 is 10.1 Å². The molecule has 6 heteroatoms. The Morgan fingerprint density at radius 2 is 2.00 bits per heavy atom. The van der Waals surface area contributed by atoms with Crippen molar-refractivity contribution in [3.05, 3.63) is 47.5 Å². The van der Waals surface area contributed by atoms with Crippen LogP contribution in [0.1, 0.15) is 49.2 Å². The molecule has 0 fully saturated rings. The number of aromatic nitrogens is 2. The lowest BCUT2D eigenvalue weighted by Gasteiger charge is -2.17. The first-order chi connectivity index (χ1) is 11.5. The second-order valence-electron chi connectivity index (χ2n) is 6.02. The van der Waals surface area contributed by atoms with E-state index in [2.05, 4.69) is 10.4 Å². The van der Waals surface area contributed by atoms with E-state index in [1.54, 1.807) is 30.1 Å². The molecule has 0 bridgehead atoms. The molecule has 1 heterocycles. The van der Waals surface area contributed by atoms with Crippen molar-refractivity contribution >= 4 is 5.91 Å². The summed E-state index contributed by atoms with van der Waals surface area (Å²) in [5, 5.41) is 7.32. The number of hydrogen-bond donors (Lipinski definition) is 1. The summed E-state index contributed by atoms with van der Waals surface area (Å²) in [5.41, 5.74) is 2.05. The summed E-state index contributed by atoms with van der Waals surface area (Å²) in [7, 11) is 1.61. The van der Waals surface area contributed by atoms with Gasteiger partial charge in [0.25, 0.3) is 5.91 Å². The fourth-order valence-electron chi connectivity index (χ4n) is 2.60. The monoisotopic (exact) mass is 333 g/mol. The summed E-state index contributed by atoms with van der Waals surface area (Å²) in [4.78, 5) is 12.6. The average molecular weight is 333 g/mol. The number of amides is 1. The van der Waals surface area contributed by atoms with Crippen LogP contribution in [0.2, 0.25) is 0 Å². The second-order valence-corrected chi connectivity index (χ2v) is 6.02. The second kappa shape index (κ2) is 8.06. The van der Waals surface area contributed by atoms with E-state index in [1.165, 1.54) is 12.1 Å². The van der Waals surface area contributed by atoms with Crippen LogP contribution in [0.3, 0.4) is 0 Å². The molecule has 24 heavy (non-hydrogen) atoms. The Morgan fingerprint density at radius 3 is 2.54 bits per heavy atom. The fourth-order valence-corrected chi connectivity index (χ4v) is 2.60. The Balaban J connectivity index is 2.34.